The molecule has 8 heteroatoms. The number of hydrogen-bond donors (Lipinski definition) is 0. The van der Waals surface area contributed by atoms with Gasteiger partial charge in [-0.05, 0) is 41.3 Å². The van der Waals surface area contributed by atoms with E-state index < -0.39 is 0 Å². The molecule has 0 unspecified atom stereocenters. The van der Waals surface area contributed by atoms with Crippen LogP contribution < -0.4 is 9.47 Å². The zero-order valence-electron chi connectivity index (χ0n) is 18.7. The Morgan fingerprint density at radius 3 is 2.42 bits per heavy atom. The highest BCUT2D eigenvalue weighted by Crippen LogP contribution is 2.38. The lowest BCUT2D eigenvalue weighted by atomic mass is 9.87. The third-order valence-electron chi connectivity index (χ3n) is 4.83. The SMILES string of the molecule is C=CCN1C(=O)C(=Cc2cc(Cl)cc(Cl)c2OCCOc2ccc(C(C)(C)C)cc2)SC1=S. The second-order valence-corrected chi connectivity index (χ2v) is 10.9. The third kappa shape index (κ3) is 6.54. The first-order valence-corrected chi connectivity index (χ1v) is 12.3. The number of carbonyl (C=O) groups excluding carboxylic acids is 1. The molecular formula is C25H25Cl2NO3S2. The van der Waals surface area contributed by atoms with Crippen molar-refractivity contribution in [2.45, 2.75) is 26.2 Å². The zero-order chi connectivity index (χ0) is 24.2. The smallest absolute Gasteiger partial charge is 0.266 e. The van der Waals surface area contributed by atoms with Gasteiger partial charge in [-0.3, -0.25) is 9.69 Å². The quantitative estimate of drug-likeness (QED) is 0.160. The van der Waals surface area contributed by atoms with Gasteiger partial charge in [0, 0.05) is 17.1 Å². The van der Waals surface area contributed by atoms with Crippen molar-refractivity contribution in [2.24, 2.45) is 0 Å². The molecule has 0 atom stereocenters. The normalized spacial score (nSPS) is 15.3. The van der Waals surface area contributed by atoms with E-state index in [0.29, 0.717) is 43.7 Å². The Morgan fingerprint density at radius 1 is 1.12 bits per heavy atom. The molecule has 0 aromatic heterocycles. The van der Waals surface area contributed by atoms with Crippen molar-refractivity contribution < 1.29 is 14.3 Å². The Labute approximate surface area is 214 Å². The lowest BCUT2D eigenvalue weighted by molar-refractivity contribution is -0.121. The van der Waals surface area contributed by atoms with Crippen LogP contribution in [0.5, 0.6) is 11.5 Å². The van der Waals surface area contributed by atoms with Crippen LogP contribution in [0.25, 0.3) is 6.08 Å². The van der Waals surface area contributed by atoms with Gasteiger partial charge >= 0.3 is 0 Å². The molecule has 174 valence electrons. The van der Waals surface area contributed by atoms with Gasteiger partial charge in [0.05, 0.1) is 9.93 Å². The molecule has 0 radical (unpaired) electrons. The zero-order valence-corrected chi connectivity index (χ0v) is 21.8. The molecule has 0 N–H and O–H groups in total. The van der Waals surface area contributed by atoms with Gasteiger partial charge in [-0.15, -0.1) is 6.58 Å². The average Bonchev–Trinajstić information content (AvgIpc) is 3.00. The summed E-state index contributed by atoms with van der Waals surface area (Å²) in [5, 5.41) is 0.792. The molecule has 2 aromatic carbocycles. The van der Waals surface area contributed by atoms with E-state index in [1.165, 1.54) is 22.2 Å². The molecule has 33 heavy (non-hydrogen) atoms. The summed E-state index contributed by atoms with van der Waals surface area (Å²) in [4.78, 5) is 14.6. The van der Waals surface area contributed by atoms with Crippen LogP contribution in [0.1, 0.15) is 31.9 Å². The van der Waals surface area contributed by atoms with E-state index in [1.54, 1.807) is 24.3 Å². The van der Waals surface area contributed by atoms with E-state index in [4.69, 9.17) is 44.9 Å². The van der Waals surface area contributed by atoms with Crippen LogP contribution in [-0.2, 0) is 10.2 Å². The second kappa shape index (κ2) is 11.0. The van der Waals surface area contributed by atoms with Gasteiger partial charge in [0.25, 0.3) is 5.91 Å². The lowest BCUT2D eigenvalue weighted by Gasteiger charge is -2.19. The number of thiocarbonyl (C=S) groups is 1. The highest BCUT2D eigenvalue weighted by molar-refractivity contribution is 8.26. The van der Waals surface area contributed by atoms with Gasteiger partial charge in [-0.1, -0.05) is 86.2 Å². The molecule has 3 rings (SSSR count). The minimum absolute atomic E-state index is 0.0866. The molecule has 0 aliphatic carbocycles. The van der Waals surface area contributed by atoms with E-state index >= 15 is 0 Å². The summed E-state index contributed by atoms with van der Waals surface area (Å²) >= 11 is 19.1. The number of rotatable bonds is 8. The maximum absolute atomic E-state index is 12.7. The van der Waals surface area contributed by atoms with Gasteiger partial charge in [0.2, 0.25) is 0 Å². The van der Waals surface area contributed by atoms with Gasteiger partial charge in [0.1, 0.15) is 29.0 Å². The Hall–Kier alpha value is -1.99. The average molecular weight is 523 g/mol. The van der Waals surface area contributed by atoms with E-state index in [2.05, 4.69) is 39.5 Å². The first-order valence-electron chi connectivity index (χ1n) is 10.3. The maximum atomic E-state index is 12.7. The molecule has 0 spiro atoms. The third-order valence-corrected chi connectivity index (χ3v) is 6.70. The van der Waals surface area contributed by atoms with Gasteiger partial charge < -0.3 is 9.47 Å². The summed E-state index contributed by atoms with van der Waals surface area (Å²) in [6, 6.07) is 11.3. The fourth-order valence-corrected chi connectivity index (χ4v) is 4.95. The van der Waals surface area contributed by atoms with E-state index in [1.807, 2.05) is 12.1 Å². The van der Waals surface area contributed by atoms with Crippen molar-refractivity contribution >= 4 is 63.5 Å². The Bertz CT molecular complexity index is 1090. The largest absolute Gasteiger partial charge is 0.490 e. The molecule has 1 aliphatic heterocycles. The van der Waals surface area contributed by atoms with Gasteiger partial charge in [0.15, 0.2) is 0 Å². The molecule has 1 aliphatic rings. The standard InChI is InChI=1S/C25H25Cl2NO3S2/c1-5-10-28-23(29)21(33-24(28)32)14-16-13-18(26)15-20(27)22(16)31-12-11-30-19-8-6-17(7-9-19)25(2,3)4/h5-9,13-15H,1,10-12H2,2-4H3. The predicted molar refractivity (Wildman–Crippen MR) is 143 cm³/mol. The van der Waals surface area contributed by atoms with Crippen molar-refractivity contribution in [3.63, 3.8) is 0 Å². The number of amides is 1. The molecule has 1 heterocycles. The highest BCUT2D eigenvalue weighted by atomic mass is 35.5. The summed E-state index contributed by atoms with van der Waals surface area (Å²) in [6.45, 7) is 11.1. The van der Waals surface area contributed by atoms with Crippen molar-refractivity contribution in [3.05, 3.63) is 75.1 Å². The Kier molecular flexibility index (Phi) is 8.51. The molecule has 0 bridgehead atoms. The number of carbonyl (C=O) groups is 1. The highest BCUT2D eigenvalue weighted by Gasteiger charge is 2.31. The van der Waals surface area contributed by atoms with Crippen LogP contribution >= 0.6 is 47.2 Å². The van der Waals surface area contributed by atoms with Crippen LogP contribution in [0.2, 0.25) is 10.0 Å². The monoisotopic (exact) mass is 521 g/mol. The van der Waals surface area contributed by atoms with Crippen molar-refractivity contribution in [1.29, 1.82) is 0 Å². The number of thioether (sulfide) groups is 1. The molecular weight excluding hydrogens is 497 g/mol. The maximum Gasteiger partial charge on any atom is 0.266 e. The Morgan fingerprint density at radius 2 is 1.79 bits per heavy atom. The van der Waals surface area contributed by atoms with Crippen LogP contribution in [0.4, 0.5) is 0 Å². The van der Waals surface area contributed by atoms with Crippen molar-refractivity contribution in [1.82, 2.24) is 4.90 Å². The van der Waals surface area contributed by atoms with Crippen molar-refractivity contribution in [3.8, 4) is 11.5 Å². The summed E-state index contributed by atoms with van der Waals surface area (Å²) < 4.78 is 12.2. The van der Waals surface area contributed by atoms with Crippen LogP contribution in [0.3, 0.4) is 0 Å². The Balaban J connectivity index is 1.70. The number of hydrogen-bond acceptors (Lipinski definition) is 5. The first kappa shape index (κ1) is 25.6. The number of halogens is 2. The molecule has 1 saturated heterocycles. The van der Waals surface area contributed by atoms with Crippen molar-refractivity contribution in [2.75, 3.05) is 19.8 Å². The number of benzene rings is 2. The minimum Gasteiger partial charge on any atom is -0.490 e. The number of nitrogens with zero attached hydrogens (tertiary/aromatic N) is 1. The molecule has 0 saturated carbocycles. The van der Waals surface area contributed by atoms with E-state index in [0.717, 1.165) is 5.75 Å². The second-order valence-electron chi connectivity index (χ2n) is 8.36. The van der Waals surface area contributed by atoms with Crippen LogP contribution in [0, 0.1) is 0 Å². The van der Waals surface area contributed by atoms with Gasteiger partial charge in [-0.2, -0.15) is 0 Å². The van der Waals surface area contributed by atoms with Gasteiger partial charge in [-0.25, -0.2) is 0 Å². The summed E-state index contributed by atoms with van der Waals surface area (Å²) in [6.07, 6.45) is 3.33. The molecule has 1 fully saturated rings. The summed E-state index contributed by atoms with van der Waals surface area (Å²) in [5.74, 6) is 1.01. The minimum atomic E-state index is -0.186. The topological polar surface area (TPSA) is 38.8 Å². The molecule has 1 amide bonds. The summed E-state index contributed by atoms with van der Waals surface area (Å²) in [5.41, 5.74) is 1.92. The van der Waals surface area contributed by atoms with E-state index in [-0.39, 0.29) is 17.9 Å². The number of ether oxygens (including phenoxy) is 2. The predicted octanol–water partition coefficient (Wildman–Crippen LogP) is 7.14. The lowest BCUT2D eigenvalue weighted by Crippen LogP contribution is -2.27. The molecule has 4 nitrogen and oxygen atoms in total. The van der Waals surface area contributed by atoms with E-state index in [9.17, 15) is 4.79 Å². The first-order chi connectivity index (χ1) is 15.6. The summed E-state index contributed by atoms with van der Waals surface area (Å²) in [7, 11) is 0. The fraction of sp³-hybridized carbons (Fsp3) is 0.280. The fourth-order valence-electron chi connectivity index (χ4n) is 3.12. The van der Waals surface area contributed by atoms with Crippen LogP contribution in [0.15, 0.2) is 54.0 Å². The van der Waals surface area contributed by atoms with Crippen LogP contribution in [-0.4, -0.2) is 34.9 Å². The molecule has 2 aromatic rings.